The maximum absolute atomic E-state index is 12.8. The summed E-state index contributed by atoms with van der Waals surface area (Å²) < 4.78 is 48.4. The van der Waals surface area contributed by atoms with Crippen LogP contribution in [0.5, 0.6) is 11.5 Å². The Kier molecular flexibility index (Phi) is 2.50. The SMILES string of the molecule is CC(C)(O)c1cc2c(cc1C(F)(F)F)OCO2. The van der Waals surface area contributed by atoms with Crippen LogP contribution in [-0.4, -0.2) is 11.9 Å². The second kappa shape index (κ2) is 3.53. The number of hydrogen-bond acceptors (Lipinski definition) is 3. The van der Waals surface area contributed by atoms with Crippen molar-refractivity contribution in [1.29, 1.82) is 0 Å². The molecule has 0 aliphatic carbocycles. The third-order valence-corrected chi connectivity index (χ3v) is 2.48. The van der Waals surface area contributed by atoms with Crippen LogP contribution in [0.2, 0.25) is 0 Å². The lowest BCUT2D eigenvalue weighted by molar-refractivity contribution is -0.140. The van der Waals surface area contributed by atoms with Gasteiger partial charge >= 0.3 is 6.18 Å². The first-order valence-corrected chi connectivity index (χ1v) is 4.93. The summed E-state index contributed by atoms with van der Waals surface area (Å²) in [7, 11) is 0. The van der Waals surface area contributed by atoms with E-state index in [-0.39, 0.29) is 23.9 Å². The van der Waals surface area contributed by atoms with E-state index in [1.54, 1.807) is 0 Å². The highest BCUT2D eigenvalue weighted by atomic mass is 19.4. The summed E-state index contributed by atoms with van der Waals surface area (Å²) >= 11 is 0. The second-order valence-electron chi connectivity index (χ2n) is 4.31. The van der Waals surface area contributed by atoms with Crippen molar-refractivity contribution < 1.29 is 27.8 Å². The van der Waals surface area contributed by atoms with E-state index in [1.807, 2.05) is 0 Å². The second-order valence-corrected chi connectivity index (χ2v) is 4.31. The van der Waals surface area contributed by atoms with Gasteiger partial charge in [0, 0.05) is 0 Å². The Morgan fingerprint density at radius 2 is 1.53 bits per heavy atom. The van der Waals surface area contributed by atoms with E-state index in [9.17, 15) is 18.3 Å². The Balaban J connectivity index is 2.64. The summed E-state index contributed by atoms with van der Waals surface area (Å²) in [5, 5.41) is 9.77. The molecule has 1 aliphatic heterocycles. The highest BCUT2D eigenvalue weighted by molar-refractivity contribution is 5.51. The fourth-order valence-electron chi connectivity index (χ4n) is 1.68. The summed E-state index contributed by atoms with van der Waals surface area (Å²) in [4.78, 5) is 0. The minimum atomic E-state index is -4.55. The number of halogens is 3. The molecule has 0 saturated heterocycles. The third-order valence-electron chi connectivity index (χ3n) is 2.48. The van der Waals surface area contributed by atoms with E-state index in [1.165, 1.54) is 19.9 Å². The predicted molar refractivity (Wildman–Crippen MR) is 52.8 cm³/mol. The standard InChI is InChI=1S/C11H11F3O3/c1-10(2,15)6-3-8-9(17-5-16-8)4-7(6)11(12,13)14/h3-4,15H,5H2,1-2H3. The zero-order valence-corrected chi connectivity index (χ0v) is 9.26. The van der Waals surface area contributed by atoms with E-state index in [4.69, 9.17) is 9.47 Å². The fourth-order valence-corrected chi connectivity index (χ4v) is 1.68. The van der Waals surface area contributed by atoms with Crippen LogP contribution in [0.15, 0.2) is 12.1 Å². The van der Waals surface area contributed by atoms with Crippen LogP contribution >= 0.6 is 0 Å². The topological polar surface area (TPSA) is 38.7 Å². The highest BCUT2D eigenvalue weighted by Gasteiger charge is 2.39. The average molecular weight is 248 g/mol. The number of fused-ring (bicyclic) bond motifs is 1. The quantitative estimate of drug-likeness (QED) is 0.830. The smallest absolute Gasteiger partial charge is 0.416 e. The Morgan fingerprint density at radius 3 is 1.94 bits per heavy atom. The van der Waals surface area contributed by atoms with Gasteiger partial charge in [-0.15, -0.1) is 0 Å². The molecule has 1 aromatic carbocycles. The van der Waals surface area contributed by atoms with Gasteiger partial charge in [-0.2, -0.15) is 13.2 Å². The Morgan fingerprint density at radius 1 is 1.06 bits per heavy atom. The van der Waals surface area contributed by atoms with Gasteiger partial charge in [0.15, 0.2) is 11.5 Å². The van der Waals surface area contributed by atoms with E-state index < -0.39 is 17.3 Å². The molecule has 0 saturated carbocycles. The van der Waals surface area contributed by atoms with E-state index in [2.05, 4.69) is 0 Å². The minimum Gasteiger partial charge on any atom is -0.454 e. The zero-order chi connectivity index (χ0) is 12.8. The lowest BCUT2D eigenvalue weighted by Gasteiger charge is -2.23. The van der Waals surface area contributed by atoms with E-state index in [0.717, 1.165) is 6.07 Å². The summed E-state index contributed by atoms with van der Waals surface area (Å²) in [6.45, 7) is 2.47. The molecule has 0 aromatic heterocycles. The molecule has 0 unspecified atom stereocenters. The van der Waals surface area contributed by atoms with Crippen molar-refractivity contribution in [2.45, 2.75) is 25.6 Å². The molecule has 94 valence electrons. The normalized spacial score (nSPS) is 15.2. The van der Waals surface area contributed by atoms with Crippen LogP contribution in [0, 0.1) is 0 Å². The number of ether oxygens (including phenoxy) is 2. The Bertz CT molecular complexity index is 406. The van der Waals surface area contributed by atoms with Gasteiger partial charge < -0.3 is 14.6 Å². The minimum absolute atomic E-state index is 0.0466. The molecule has 0 atom stereocenters. The average Bonchev–Trinajstić information content (AvgIpc) is 2.59. The van der Waals surface area contributed by atoms with Crippen molar-refractivity contribution >= 4 is 0 Å². The zero-order valence-electron chi connectivity index (χ0n) is 9.26. The maximum Gasteiger partial charge on any atom is 0.416 e. The largest absolute Gasteiger partial charge is 0.454 e. The number of rotatable bonds is 1. The predicted octanol–water partition coefficient (Wildman–Crippen LogP) is 2.66. The molecule has 0 amide bonds. The molecule has 17 heavy (non-hydrogen) atoms. The summed E-state index contributed by atoms with van der Waals surface area (Å²) in [6.07, 6.45) is -4.55. The van der Waals surface area contributed by atoms with Gasteiger partial charge in [-0.1, -0.05) is 0 Å². The first kappa shape index (κ1) is 12.0. The molecular formula is C11H11F3O3. The van der Waals surface area contributed by atoms with E-state index in [0.29, 0.717) is 0 Å². The number of aliphatic hydroxyl groups is 1. The molecule has 3 nitrogen and oxygen atoms in total. The van der Waals surface area contributed by atoms with Gasteiger partial charge in [-0.05, 0) is 31.5 Å². The number of benzene rings is 1. The van der Waals surface area contributed by atoms with Gasteiger partial charge in [0.05, 0.1) is 11.2 Å². The molecule has 0 radical (unpaired) electrons. The van der Waals surface area contributed by atoms with Crippen LogP contribution in [-0.2, 0) is 11.8 Å². The molecule has 1 N–H and O–H groups in total. The number of hydrogen-bond donors (Lipinski definition) is 1. The molecule has 1 heterocycles. The summed E-state index contributed by atoms with van der Waals surface area (Å²) in [6, 6.07) is 2.03. The van der Waals surface area contributed by atoms with Crippen LogP contribution in [0.25, 0.3) is 0 Å². The van der Waals surface area contributed by atoms with Crippen molar-refractivity contribution in [3.8, 4) is 11.5 Å². The van der Waals surface area contributed by atoms with Crippen LogP contribution in [0.1, 0.15) is 25.0 Å². The highest BCUT2D eigenvalue weighted by Crippen LogP contribution is 2.44. The molecule has 1 aliphatic rings. The molecule has 0 spiro atoms. The van der Waals surface area contributed by atoms with Crippen molar-refractivity contribution in [3.63, 3.8) is 0 Å². The van der Waals surface area contributed by atoms with Crippen LogP contribution in [0.3, 0.4) is 0 Å². The lowest BCUT2D eigenvalue weighted by Crippen LogP contribution is -2.22. The van der Waals surface area contributed by atoms with Crippen LogP contribution < -0.4 is 9.47 Å². The monoisotopic (exact) mass is 248 g/mol. The Labute approximate surface area is 95.8 Å². The first-order valence-electron chi connectivity index (χ1n) is 4.93. The first-order chi connectivity index (χ1) is 7.69. The molecule has 0 fully saturated rings. The third kappa shape index (κ3) is 2.17. The molecular weight excluding hydrogens is 237 g/mol. The fraction of sp³-hybridized carbons (Fsp3) is 0.455. The van der Waals surface area contributed by atoms with Crippen molar-refractivity contribution in [3.05, 3.63) is 23.3 Å². The molecule has 0 bridgehead atoms. The van der Waals surface area contributed by atoms with Gasteiger partial charge in [-0.3, -0.25) is 0 Å². The van der Waals surface area contributed by atoms with Crippen molar-refractivity contribution in [2.24, 2.45) is 0 Å². The lowest BCUT2D eigenvalue weighted by atomic mass is 9.92. The van der Waals surface area contributed by atoms with Crippen LogP contribution in [0.4, 0.5) is 13.2 Å². The molecule has 1 aromatic rings. The number of alkyl halides is 3. The van der Waals surface area contributed by atoms with E-state index >= 15 is 0 Å². The summed E-state index contributed by atoms with van der Waals surface area (Å²) in [5.41, 5.74) is -2.74. The molecule has 6 heteroatoms. The Hall–Kier alpha value is -1.43. The van der Waals surface area contributed by atoms with Crippen molar-refractivity contribution in [1.82, 2.24) is 0 Å². The molecule has 2 rings (SSSR count). The van der Waals surface area contributed by atoms with Gasteiger partial charge in [0.1, 0.15) is 0 Å². The van der Waals surface area contributed by atoms with Gasteiger partial charge in [0.2, 0.25) is 6.79 Å². The van der Waals surface area contributed by atoms with Crippen molar-refractivity contribution in [2.75, 3.05) is 6.79 Å². The summed E-state index contributed by atoms with van der Waals surface area (Å²) in [5.74, 6) is 0.264. The van der Waals surface area contributed by atoms with Gasteiger partial charge in [0.25, 0.3) is 0 Å². The van der Waals surface area contributed by atoms with Gasteiger partial charge in [-0.25, -0.2) is 0 Å². The maximum atomic E-state index is 12.8.